The fourth-order valence-electron chi connectivity index (χ4n) is 3.42. The molecule has 0 radical (unpaired) electrons. The lowest BCUT2D eigenvalue weighted by atomic mass is 10.1. The summed E-state index contributed by atoms with van der Waals surface area (Å²) < 4.78 is 33.1. The van der Waals surface area contributed by atoms with E-state index in [-0.39, 0.29) is 16.2 Å². The molecule has 2 aromatic carbocycles. The predicted molar refractivity (Wildman–Crippen MR) is 115 cm³/mol. The summed E-state index contributed by atoms with van der Waals surface area (Å²) in [6.07, 6.45) is 3.15. The van der Waals surface area contributed by atoms with Crippen molar-refractivity contribution in [2.45, 2.75) is 24.3 Å². The summed E-state index contributed by atoms with van der Waals surface area (Å²) in [6, 6.07) is 15.2. The Bertz CT molecular complexity index is 1200. The molecule has 1 aliphatic heterocycles. The maximum absolute atomic E-state index is 12.6. The van der Waals surface area contributed by atoms with Crippen molar-refractivity contribution in [3.05, 3.63) is 77.6 Å². The predicted octanol–water partition coefficient (Wildman–Crippen LogP) is 2.15. The van der Waals surface area contributed by atoms with Crippen molar-refractivity contribution in [3.8, 4) is 0 Å². The fraction of sp³-hybridized carbons (Fsp3) is 0.273. The van der Waals surface area contributed by atoms with Crippen molar-refractivity contribution < 1.29 is 22.7 Å². The number of esters is 1. The zero-order valence-electron chi connectivity index (χ0n) is 17.3. The number of benzene rings is 2. The summed E-state index contributed by atoms with van der Waals surface area (Å²) in [5.41, 5.74) is 1.26. The molecule has 0 N–H and O–H groups in total. The number of Topliss-reactive ketones (excluding diaryl/α,β-unsaturated/α-hetero) is 1. The Kier molecular flexibility index (Phi) is 6.42. The highest BCUT2D eigenvalue weighted by atomic mass is 32.2. The van der Waals surface area contributed by atoms with Crippen LogP contribution in [0.1, 0.15) is 39.3 Å². The summed E-state index contributed by atoms with van der Waals surface area (Å²) in [5, 5.41) is 7.70. The van der Waals surface area contributed by atoms with Gasteiger partial charge in [-0.05, 0) is 42.7 Å². The third kappa shape index (κ3) is 4.92. The number of aromatic nitrogens is 3. The molecule has 1 aromatic heterocycles. The van der Waals surface area contributed by atoms with E-state index < -0.39 is 28.4 Å². The average molecular weight is 455 g/mol. The van der Waals surface area contributed by atoms with E-state index in [1.54, 1.807) is 0 Å². The van der Waals surface area contributed by atoms with E-state index in [0.29, 0.717) is 19.6 Å². The van der Waals surface area contributed by atoms with Gasteiger partial charge in [0.15, 0.2) is 18.1 Å². The number of hydrogen-bond acceptors (Lipinski definition) is 7. The first-order valence-electron chi connectivity index (χ1n) is 10.2. The molecule has 4 rings (SSSR count). The standard InChI is InChI=1S/C22H22N4O5S/c27-21(18-8-10-19(11-9-18)32(29,30)26-12-4-5-13-26)16-31-22(28)20-15-25(24-23-20)14-17-6-2-1-3-7-17/h1-3,6-11,15H,4-5,12-14,16H2. The number of nitrogens with zero attached hydrogens (tertiary/aromatic N) is 4. The van der Waals surface area contributed by atoms with Crippen LogP contribution in [0.4, 0.5) is 0 Å². The SMILES string of the molecule is O=C(COC(=O)c1cn(Cc2ccccc2)nn1)c1ccc(S(=O)(=O)N2CCCC2)cc1. The molecular formula is C22H22N4O5S. The maximum atomic E-state index is 12.6. The Hall–Kier alpha value is -3.37. The molecular weight excluding hydrogens is 432 g/mol. The van der Waals surface area contributed by atoms with Crippen molar-refractivity contribution in [2.24, 2.45) is 0 Å². The van der Waals surface area contributed by atoms with Crippen LogP contribution in [0.15, 0.2) is 65.7 Å². The lowest BCUT2D eigenvalue weighted by Gasteiger charge is -2.15. The highest BCUT2D eigenvalue weighted by Gasteiger charge is 2.27. The Morgan fingerprint density at radius 1 is 0.969 bits per heavy atom. The Morgan fingerprint density at radius 2 is 1.66 bits per heavy atom. The third-order valence-corrected chi connectivity index (χ3v) is 7.06. The maximum Gasteiger partial charge on any atom is 0.360 e. The molecule has 0 bridgehead atoms. The largest absolute Gasteiger partial charge is 0.452 e. The van der Waals surface area contributed by atoms with Crippen molar-refractivity contribution in [3.63, 3.8) is 0 Å². The fourth-order valence-corrected chi connectivity index (χ4v) is 4.94. The average Bonchev–Trinajstić information content (AvgIpc) is 3.51. The zero-order chi connectivity index (χ0) is 22.6. The minimum atomic E-state index is -3.54. The van der Waals surface area contributed by atoms with Crippen LogP contribution in [0.2, 0.25) is 0 Å². The molecule has 0 atom stereocenters. The van der Waals surface area contributed by atoms with Crippen molar-refractivity contribution >= 4 is 21.8 Å². The first-order chi connectivity index (χ1) is 15.4. The van der Waals surface area contributed by atoms with Gasteiger partial charge in [-0.15, -0.1) is 5.10 Å². The molecule has 0 aliphatic carbocycles. The van der Waals surface area contributed by atoms with Crippen LogP contribution in [-0.4, -0.2) is 59.2 Å². The van der Waals surface area contributed by atoms with E-state index in [9.17, 15) is 18.0 Å². The molecule has 3 aromatic rings. The summed E-state index contributed by atoms with van der Waals surface area (Å²) in [7, 11) is -3.54. The smallest absolute Gasteiger partial charge is 0.360 e. The number of ether oxygens (including phenoxy) is 1. The Morgan fingerprint density at radius 3 is 2.34 bits per heavy atom. The van der Waals surface area contributed by atoms with Crippen LogP contribution in [0, 0.1) is 0 Å². The van der Waals surface area contributed by atoms with Gasteiger partial charge in [0.1, 0.15) is 0 Å². The van der Waals surface area contributed by atoms with E-state index in [0.717, 1.165) is 18.4 Å². The van der Waals surface area contributed by atoms with Crippen LogP contribution in [0.5, 0.6) is 0 Å². The molecule has 0 saturated carbocycles. The minimum Gasteiger partial charge on any atom is -0.452 e. The monoisotopic (exact) mass is 454 g/mol. The van der Waals surface area contributed by atoms with Crippen molar-refractivity contribution in [2.75, 3.05) is 19.7 Å². The van der Waals surface area contributed by atoms with Gasteiger partial charge in [0.05, 0.1) is 17.6 Å². The molecule has 9 nitrogen and oxygen atoms in total. The summed E-state index contributed by atoms with van der Waals surface area (Å²) in [5.74, 6) is -1.20. The molecule has 32 heavy (non-hydrogen) atoms. The van der Waals surface area contributed by atoms with Gasteiger partial charge >= 0.3 is 5.97 Å². The number of ketones is 1. The van der Waals surface area contributed by atoms with Crippen LogP contribution in [-0.2, 0) is 21.3 Å². The quantitative estimate of drug-likeness (QED) is 0.379. The Labute approximate surface area is 185 Å². The highest BCUT2D eigenvalue weighted by Crippen LogP contribution is 2.21. The minimum absolute atomic E-state index is 0.000727. The van der Waals surface area contributed by atoms with Crippen LogP contribution >= 0.6 is 0 Å². The van der Waals surface area contributed by atoms with Gasteiger partial charge in [-0.2, -0.15) is 4.31 Å². The second kappa shape index (κ2) is 9.41. The molecule has 0 unspecified atom stereocenters. The molecule has 166 valence electrons. The van der Waals surface area contributed by atoms with Crippen LogP contribution in [0.25, 0.3) is 0 Å². The zero-order valence-corrected chi connectivity index (χ0v) is 18.1. The second-order valence-electron chi connectivity index (χ2n) is 7.42. The van der Waals surface area contributed by atoms with Crippen molar-refractivity contribution in [1.29, 1.82) is 0 Å². The van der Waals surface area contributed by atoms with Gasteiger partial charge in [-0.1, -0.05) is 35.5 Å². The third-order valence-electron chi connectivity index (χ3n) is 5.15. The molecule has 2 heterocycles. The van der Waals surface area contributed by atoms with Gasteiger partial charge < -0.3 is 4.74 Å². The highest BCUT2D eigenvalue weighted by molar-refractivity contribution is 7.89. The van der Waals surface area contributed by atoms with Gasteiger partial charge in [0.25, 0.3) is 0 Å². The van der Waals surface area contributed by atoms with Gasteiger partial charge in [0, 0.05) is 18.7 Å². The first-order valence-corrected chi connectivity index (χ1v) is 11.6. The first kappa shape index (κ1) is 21.8. The molecule has 1 aliphatic rings. The topological polar surface area (TPSA) is 111 Å². The van der Waals surface area contributed by atoms with Gasteiger partial charge in [-0.3, -0.25) is 4.79 Å². The van der Waals surface area contributed by atoms with Crippen molar-refractivity contribution in [1.82, 2.24) is 19.3 Å². The van der Waals surface area contributed by atoms with E-state index >= 15 is 0 Å². The van der Waals surface area contributed by atoms with Gasteiger partial charge in [-0.25, -0.2) is 17.9 Å². The molecule has 10 heteroatoms. The summed E-state index contributed by atoms with van der Waals surface area (Å²) >= 11 is 0. The number of rotatable bonds is 8. The number of hydrogen-bond donors (Lipinski definition) is 0. The molecule has 1 fully saturated rings. The van der Waals surface area contributed by atoms with Crippen LogP contribution in [0.3, 0.4) is 0 Å². The number of sulfonamides is 1. The summed E-state index contributed by atoms with van der Waals surface area (Å²) in [4.78, 5) is 24.7. The number of carbonyl (C=O) groups is 2. The van der Waals surface area contributed by atoms with Gasteiger partial charge in [0.2, 0.25) is 10.0 Å². The lowest BCUT2D eigenvalue weighted by Crippen LogP contribution is -2.27. The van der Waals surface area contributed by atoms with Crippen LogP contribution < -0.4 is 0 Å². The normalized spacial score (nSPS) is 14.4. The van der Waals surface area contributed by atoms with E-state index in [1.807, 2.05) is 30.3 Å². The lowest BCUT2D eigenvalue weighted by molar-refractivity contribution is 0.0469. The van der Waals surface area contributed by atoms with E-state index in [2.05, 4.69) is 10.3 Å². The van der Waals surface area contributed by atoms with E-state index in [4.69, 9.17) is 4.74 Å². The second-order valence-corrected chi connectivity index (χ2v) is 9.36. The Balaban J connectivity index is 1.33. The van der Waals surface area contributed by atoms with E-state index in [1.165, 1.54) is 39.4 Å². The molecule has 0 amide bonds. The molecule has 1 saturated heterocycles. The number of carbonyl (C=O) groups excluding carboxylic acids is 2. The summed E-state index contributed by atoms with van der Waals surface area (Å²) in [6.45, 7) is 0.985. The molecule has 0 spiro atoms.